The Morgan fingerprint density at radius 1 is 1.25 bits per heavy atom. The number of carbonyl (C=O) groups is 1. The normalized spacial score (nSPS) is 16.0. The van der Waals surface area contributed by atoms with Crippen molar-refractivity contribution in [2.24, 2.45) is 0 Å². The van der Waals surface area contributed by atoms with E-state index in [1.54, 1.807) is 24.3 Å². The highest BCUT2D eigenvalue weighted by Gasteiger charge is 2.26. The minimum absolute atomic E-state index is 0.242. The van der Waals surface area contributed by atoms with Crippen LogP contribution in [0.25, 0.3) is 0 Å². The molecule has 2 aromatic rings. The predicted octanol–water partition coefficient (Wildman–Crippen LogP) is 0.489. The molecule has 0 bridgehead atoms. The Kier molecular flexibility index (Phi) is 5.19. The van der Waals surface area contributed by atoms with Crippen molar-refractivity contribution in [3.8, 4) is 0 Å². The number of hydrogen-bond donors (Lipinski definition) is 1. The molecule has 8 nitrogen and oxygen atoms in total. The van der Waals surface area contributed by atoms with Gasteiger partial charge in [-0.25, -0.2) is 8.42 Å². The van der Waals surface area contributed by atoms with Crippen LogP contribution in [-0.2, 0) is 21.3 Å². The van der Waals surface area contributed by atoms with Gasteiger partial charge in [-0.1, -0.05) is 16.6 Å². The third-order valence-electron chi connectivity index (χ3n) is 3.57. The van der Waals surface area contributed by atoms with Crippen LogP contribution in [0.3, 0.4) is 0 Å². The molecule has 0 spiro atoms. The Bertz CT molecular complexity index is 785. The largest absolute Gasteiger partial charge is 0.379 e. The Balaban J connectivity index is 1.63. The Morgan fingerprint density at radius 3 is 2.58 bits per heavy atom. The van der Waals surface area contributed by atoms with E-state index in [2.05, 4.69) is 14.9 Å². The van der Waals surface area contributed by atoms with Gasteiger partial charge in [-0.3, -0.25) is 4.79 Å². The number of ether oxygens (including phenoxy) is 1. The summed E-state index contributed by atoms with van der Waals surface area (Å²) in [4.78, 5) is 12.5. The molecular formula is C14H16N4O4S2. The van der Waals surface area contributed by atoms with Crippen LogP contribution >= 0.6 is 11.5 Å². The Hall–Kier alpha value is -1.88. The van der Waals surface area contributed by atoms with Crippen molar-refractivity contribution in [1.29, 1.82) is 0 Å². The second-order valence-electron chi connectivity index (χ2n) is 5.12. The van der Waals surface area contributed by atoms with Crippen molar-refractivity contribution in [2.45, 2.75) is 11.4 Å². The van der Waals surface area contributed by atoms with E-state index in [9.17, 15) is 13.2 Å². The fraction of sp³-hybridized carbons (Fsp3) is 0.357. The zero-order chi connectivity index (χ0) is 17.0. The molecule has 0 atom stereocenters. The van der Waals surface area contributed by atoms with Gasteiger partial charge in [-0.05, 0) is 29.2 Å². The number of hydrogen-bond acceptors (Lipinski definition) is 7. The number of nitrogens with one attached hydrogen (secondary N) is 1. The van der Waals surface area contributed by atoms with Gasteiger partial charge in [0.2, 0.25) is 10.0 Å². The molecule has 128 valence electrons. The van der Waals surface area contributed by atoms with Gasteiger partial charge in [-0.2, -0.15) is 4.31 Å². The summed E-state index contributed by atoms with van der Waals surface area (Å²) in [6.45, 7) is 1.85. The monoisotopic (exact) mass is 368 g/mol. The highest BCUT2D eigenvalue weighted by molar-refractivity contribution is 7.89. The topological polar surface area (TPSA) is 101 Å². The molecule has 0 saturated carbocycles. The highest BCUT2D eigenvalue weighted by Crippen LogP contribution is 2.17. The van der Waals surface area contributed by atoms with Crippen LogP contribution in [0.2, 0.25) is 0 Å². The van der Waals surface area contributed by atoms with Crippen molar-refractivity contribution < 1.29 is 17.9 Å². The van der Waals surface area contributed by atoms with Crippen molar-refractivity contribution in [2.75, 3.05) is 26.3 Å². The average molecular weight is 368 g/mol. The van der Waals surface area contributed by atoms with Gasteiger partial charge in [0.1, 0.15) is 4.88 Å². The number of sulfonamides is 1. The molecule has 0 unspecified atom stereocenters. The van der Waals surface area contributed by atoms with Crippen LogP contribution in [0.15, 0.2) is 35.4 Å². The smallest absolute Gasteiger partial charge is 0.264 e. The number of benzene rings is 1. The van der Waals surface area contributed by atoms with Gasteiger partial charge >= 0.3 is 0 Å². The molecule has 10 heteroatoms. The molecule has 3 rings (SSSR count). The fourth-order valence-electron chi connectivity index (χ4n) is 2.25. The second kappa shape index (κ2) is 7.34. The lowest BCUT2D eigenvalue weighted by molar-refractivity contribution is 0.0730. The maximum atomic E-state index is 12.5. The molecule has 0 radical (unpaired) electrons. The lowest BCUT2D eigenvalue weighted by Gasteiger charge is -2.26. The third kappa shape index (κ3) is 3.78. The number of nitrogens with zero attached hydrogens (tertiary/aromatic N) is 3. The maximum absolute atomic E-state index is 12.5. The summed E-state index contributed by atoms with van der Waals surface area (Å²) in [5.41, 5.74) is 0.807. The lowest BCUT2D eigenvalue weighted by Crippen LogP contribution is -2.40. The highest BCUT2D eigenvalue weighted by atomic mass is 32.2. The maximum Gasteiger partial charge on any atom is 0.264 e. The first-order valence-corrected chi connectivity index (χ1v) is 9.51. The van der Waals surface area contributed by atoms with E-state index < -0.39 is 10.0 Å². The van der Waals surface area contributed by atoms with E-state index in [0.717, 1.165) is 17.1 Å². The van der Waals surface area contributed by atoms with Gasteiger partial charge in [0.05, 0.1) is 24.3 Å². The fourth-order valence-corrected chi connectivity index (χ4v) is 4.09. The van der Waals surface area contributed by atoms with Crippen LogP contribution in [-0.4, -0.2) is 54.5 Å². The minimum Gasteiger partial charge on any atom is -0.379 e. The van der Waals surface area contributed by atoms with Crippen LogP contribution < -0.4 is 5.32 Å². The van der Waals surface area contributed by atoms with Crippen LogP contribution in [0.1, 0.15) is 15.2 Å². The summed E-state index contributed by atoms with van der Waals surface area (Å²) in [5, 5.41) is 6.35. The standard InChI is InChI=1S/C14H16N4O4S2/c19-14(13-10-16-17-23-13)15-9-11-1-3-12(4-2-11)24(20,21)18-5-7-22-8-6-18/h1-4,10H,5-9H2,(H,15,19). The molecule has 1 aromatic carbocycles. The minimum atomic E-state index is -3.49. The molecule has 1 aromatic heterocycles. The van der Waals surface area contributed by atoms with E-state index in [4.69, 9.17) is 4.74 Å². The number of rotatable bonds is 5. The zero-order valence-corrected chi connectivity index (χ0v) is 14.3. The molecule has 1 N–H and O–H groups in total. The lowest BCUT2D eigenvalue weighted by atomic mass is 10.2. The Morgan fingerprint density at radius 2 is 1.96 bits per heavy atom. The molecule has 24 heavy (non-hydrogen) atoms. The van der Waals surface area contributed by atoms with E-state index in [-0.39, 0.29) is 10.8 Å². The van der Waals surface area contributed by atoms with E-state index in [1.807, 2.05) is 0 Å². The molecule has 1 aliphatic heterocycles. The zero-order valence-electron chi connectivity index (χ0n) is 12.7. The summed E-state index contributed by atoms with van der Waals surface area (Å²) < 4.78 is 35.2. The first kappa shape index (κ1) is 17.0. The number of morpholine rings is 1. The van der Waals surface area contributed by atoms with Gasteiger partial charge in [0.15, 0.2) is 0 Å². The summed E-state index contributed by atoms with van der Waals surface area (Å²) in [6.07, 6.45) is 1.40. The molecule has 2 heterocycles. The van der Waals surface area contributed by atoms with Gasteiger partial charge in [0.25, 0.3) is 5.91 Å². The van der Waals surface area contributed by atoms with Crippen LogP contribution in [0.5, 0.6) is 0 Å². The number of amides is 1. The summed E-state index contributed by atoms with van der Waals surface area (Å²) in [5.74, 6) is -0.255. The third-order valence-corrected chi connectivity index (χ3v) is 6.15. The molecule has 0 aliphatic carbocycles. The molecule has 1 amide bonds. The second-order valence-corrected chi connectivity index (χ2v) is 7.85. The van der Waals surface area contributed by atoms with Gasteiger partial charge in [-0.15, -0.1) is 5.10 Å². The summed E-state index contributed by atoms with van der Waals surface area (Å²) >= 11 is 1.02. The molecule has 1 aliphatic rings. The van der Waals surface area contributed by atoms with E-state index in [0.29, 0.717) is 37.7 Å². The molecule has 1 saturated heterocycles. The molecule has 1 fully saturated rings. The molecular weight excluding hydrogens is 352 g/mol. The van der Waals surface area contributed by atoms with Gasteiger partial charge < -0.3 is 10.1 Å². The quantitative estimate of drug-likeness (QED) is 0.824. The van der Waals surface area contributed by atoms with Crippen molar-refractivity contribution in [1.82, 2.24) is 19.2 Å². The predicted molar refractivity (Wildman–Crippen MR) is 87.1 cm³/mol. The van der Waals surface area contributed by atoms with Crippen LogP contribution in [0, 0.1) is 0 Å². The first-order valence-electron chi connectivity index (χ1n) is 7.30. The van der Waals surface area contributed by atoms with Crippen molar-refractivity contribution >= 4 is 27.5 Å². The summed E-state index contributed by atoms with van der Waals surface area (Å²) in [7, 11) is -3.49. The summed E-state index contributed by atoms with van der Waals surface area (Å²) in [6, 6.07) is 6.50. The SMILES string of the molecule is O=C(NCc1ccc(S(=O)(=O)N2CCOCC2)cc1)c1cnns1. The van der Waals surface area contributed by atoms with E-state index in [1.165, 1.54) is 10.5 Å². The van der Waals surface area contributed by atoms with Gasteiger partial charge in [0, 0.05) is 19.6 Å². The first-order chi connectivity index (χ1) is 11.6. The average Bonchev–Trinajstić information content (AvgIpc) is 3.15. The van der Waals surface area contributed by atoms with Crippen molar-refractivity contribution in [3.63, 3.8) is 0 Å². The number of carbonyl (C=O) groups excluding carboxylic acids is 1. The Labute approximate surface area is 143 Å². The van der Waals surface area contributed by atoms with Crippen molar-refractivity contribution in [3.05, 3.63) is 40.9 Å². The van der Waals surface area contributed by atoms with Crippen LogP contribution in [0.4, 0.5) is 0 Å². The van der Waals surface area contributed by atoms with E-state index >= 15 is 0 Å². The number of aromatic nitrogens is 2.